The number of aromatic nitrogens is 5. The molecule has 3 aromatic heterocycles. The van der Waals surface area contributed by atoms with E-state index in [-0.39, 0.29) is 0 Å². The summed E-state index contributed by atoms with van der Waals surface area (Å²) in [6.45, 7) is 0. The first-order chi connectivity index (χ1) is 9.15. The van der Waals surface area contributed by atoms with Crippen LogP contribution in [0.1, 0.15) is 11.3 Å². The average Bonchev–Trinajstić information content (AvgIpc) is 2.91. The minimum atomic E-state index is 0.569. The quantitative estimate of drug-likeness (QED) is 0.738. The molecule has 0 aliphatic carbocycles. The van der Waals surface area contributed by atoms with E-state index >= 15 is 0 Å². The van der Waals surface area contributed by atoms with Crippen molar-refractivity contribution in [1.82, 2.24) is 24.4 Å². The zero-order valence-electron chi connectivity index (χ0n) is 10.5. The molecule has 0 saturated carbocycles. The number of halogens is 1. The summed E-state index contributed by atoms with van der Waals surface area (Å²) in [4.78, 5) is 4.52. The van der Waals surface area contributed by atoms with Gasteiger partial charge < -0.3 is 4.74 Å². The van der Waals surface area contributed by atoms with Crippen molar-refractivity contribution in [2.75, 3.05) is 7.11 Å². The first-order valence-electron chi connectivity index (χ1n) is 5.73. The summed E-state index contributed by atoms with van der Waals surface area (Å²) in [5.41, 5.74) is 2.84. The van der Waals surface area contributed by atoms with Gasteiger partial charge >= 0.3 is 0 Å². The van der Waals surface area contributed by atoms with Crippen molar-refractivity contribution in [1.29, 1.82) is 0 Å². The van der Waals surface area contributed by atoms with E-state index in [1.165, 1.54) is 0 Å². The summed E-state index contributed by atoms with van der Waals surface area (Å²) in [5.74, 6) is 0.569. The van der Waals surface area contributed by atoms with Gasteiger partial charge in [0.2, 0.25) is 5.88 Å². The summed E-state index contributed by atoms with van der Waals surface area (Å²) in [6, 6.07) is 3.68. The number of hydrogen-bond acceptors (Lipinski definition) is 4. The molecule has 0 aliphatic rings. The van der Waals surface area contributed by atoms with E-state index in [0.717, 1.165) is 21.5 Å². The van der Waals surface area contributed by atoms with E-state index in [0.29, 0.717) is 12.3 Å². The third-order valence-electron chi connectivity index (χ3n) is 2.78. The third-order valence-corrected chi connectivity index (χ3v) is 3.45. The number of methoxy groups -OCH3 is 1. The Hall–Kier alpha value is -1.89. The molecule has 3 rings (SSSR count). The van der Waals surface area contributed by atoms with Gasteiger partial charge in [0.1, 0.15) is 4.60 Å². The van der Waals surface area contributed by atoms with Crippen molar-refractivity contribution in [3.8, 4) is 5.88 Å². The number of rotatable bonds is 3. The highest BCUT2D eigenvalue weighted by Crippen LogP contribution is 2.18. The van der Waals surface area contributed by atoms with Crippen molar-refractivity contribution >= 4 is 21.6 Å². The second-order valence-electron chi connectivity index (χ2n) is 4.21. The smallest absolute Gasteiger partial charge is 0.231 e. The number of nitrogens with zero attached hydrogens (tertiary/aromatic N) is 5. The summed E-state index contributed by atoms with van der Waals surface area (Å²) < 4.78 is 9.43. The van der Waals surface area contributed by atoms with Crippen LogP contribution in [0.2, 0.25) is 0 Å². The molecular weight excluding hydrogens is 310 g/mol. The van der Waals surface area contributed by atoms with Gasteiger partial charge in [0.05, 0.1) is 19.0 Å². The summed E-state index contributed by atoms with van der Waals surface area (Å²) in [7, 11) is 3.49. The Morgan fingerprint density at radius 3 is 2.79 bits per heavy atom. The number of aryl methyl sites for hydroxylation is 1. The maximum Gasteiger partial charge on any atom is 0.231 e. The molecule has 0 unspecified atom stereocenters. The Bertz CT molecular complexity index is 733. The fraction of sp³-hybridized carbons (Fsp3) is 0.250. The van der Waals surface area contributed by atoms with Crippen LogP contribution in [0.3, 0.4) is 0 Å². The zero-order chi connectivity index (χ0) is 13.4. The molecule has 0 amide bonds. The second kappa shape index (κ2) is 4.65. The molecule has 0 saturated heterocycles. The van der Waals surface area contributed by atoms with Gasteiger partial charge in [-0.2, -0.15) is 5.10 Å². The summed E-state index contributed by atoms with van der Waals surface area (Å²) >= 11 is 3.44. The molecule has 0 N–H and O–H groups in total. The highest BCUT2D eigenvalue weighted by atomic mass is 79.9. The Kier molecular flexibility index (Phi) is 2.98. The molecule has 3 heterocycles. The number of imidazole rings is 1. The fourth-order valence-corrected chi connectivity index (χ4v) is 2.42. The highest BCUT2D eigenvalue weighted by molar-refractivity contribution is 9.10. The van der Waals surface area contributed by atoms with E-state index in [4.69, 9.17) is 4.74 Å². The van der Waals surface area contributed by atoms with Gasteiger partial charge in [-0.25, -0.2) is 9.50 Å². The van der Waals surface area contributed by atoms with Crippen molar-refractivity contribution in [2.45, 2.75) is 6.42 Å². The lowest BCUT2D eigenvalue weighted by molar-refractivity contribution is 0.390. The molecule has 0 bridgehead atoms. The number of fused-ring (bicyclic) bond motifs is 1. The lowest BCUT2D eigenvalue weighted by Crippen LogP contribution is -1.93. The van der Waals surface area contributed by atoms with E-state index in [2.05, 4.69) is 31.1 Å². The van der Waals surface area contributed by atoms with Crippen LogP contribution in [0.25, 0.3) is 5.65 Å². The number of ether oxygens (including phenoxy) is 1. The van der Waals surface area contributed by atoms with Crippen molar-refractivity contribution < 1.29 is 4.74 Å². The lowest BCUT2D eigenvalue weighted by atomic mass is 10.2. The van der Waals surface area contributed by atoms with Crippen LogP contribution in [0, 0.1) is 0 Å². The minimum absolute atomic E-state index is 0.569. The fourth-order valence-electron chi connectivity index (χ4n) is 1.93. The molecule has 98 valence electrons. The third kappa shape index (κ3) is 2.33. The Morgan fingerprint density at radius 1 is 1.26 bits per heavy atom. The van der Waals surface area contributed by atoms with E-state index in [1.807, 2.05) is 25.5 Å². The van der Waals surface area contributed by atoms with Gasteiger partial charge in [-0.05, 0) is 22.0 Å². The predicted octanol–water partition coefficient (Wildman–Crippen LogP) is 1.82. The van der Waals surface area contributed by atoms with E-state index < -0.39 is 0 Å². The summed E-state index contributed by atoms with van der Waals surface area (Å²) in [5, 5.41) is 8.53. The van der Waals surface area contributed by atoms with Crippen LogP contribution in [0.4, 0.5) is 0 Å². The first-order valence-corrected chi connectivity index (χ1v) is 6.52. The highest BCUT2D eigenvalue weighted by Gasteiger charge is 2.09. The molecule has 3 aromatic rings. The summed E-state index contributed by atoms with van der Waals surface area (Å²) in [6.07, 6.45) is 4.58. The minimum Gasteiger partial charge on any atom is -0.480 e. The van der Waals surface area contributed by atoms with E-state index in [1.54, 1.807) is 22.4 Å². The van der Waals surface area contributed by atoms with Crippen LogP contribution >= 0.6 is 15.9 Å². The van der Waals surface area contributed by atoms with Crippen LogP contribution in [0.5, 0.6) is 5.88 Å². The van der Waals surface area contributed by atoms with Crippen molar-refractivity contribution in [3.05, 3.63) is 40.4 Å². The molecule has 0 aliphatic heterocycles. The largest absolute Gasteiger partial charge is 0.480 e. The lowest BCUT2D eigenvalue weighted by Gasteiger charge is -1.96. The predicted molar refractivity (Wildman–Crippen MR) is 73.3 cm³/mol. The molecule has 0 atom stereocenters. The van der Waals surface area contributed by atoms with Gasteiger partial charge in [-0.1, -0.05) is 0 Å². The van der Waals surface area contributed by atoms with Crippen LogP contribution in [-0.4, -0.2) is 31.5 Å². The van der Waals surface area contributed by atoms with Crippen LogP contribution < -0.4 is 4.74 Å². The van der Waals surface area contributed by atoms with Gasteiger partial charge in [0, 0.05) is 31.3 Å². The van der Waals surface area contributed by atoms with Gasteiger partial charge in [0.25, 0.3) is 0 Å². The molecule has 0 aromatic carbocycles. The molecular formula is C12H12BrN5O. The molecule has 7 heteroatoms. The first kappa shape index (κ1) is 12.2. The van der Waals surface area contributed by atoms with Crippen molar-refractivity contribution in [3.63, 3.8) is 0 Å². The molecule has 6 nitrogen and oxygen atoms in total. The molecule has 0 fully saturated rings. The zero-order valence-corrected chi connectivity index (χ0v) is 12.1. The standard InChI is InChI=1S/C12H12BrN5O/c1-17-6-8(12(13)16-17)5-9-7-18-10(14-9)3-4-11(15-18)19-2/h3-4,6-7H,5H2,1-2H3. The number of hydrogen-bond donors (Lipinski definition) is 0. The van der Waals surface area contributed by atoms with Crippen molar-refractivity contribution in [2.24, 2.45) is 7.05 Å². The van der Waals surface area contributed by atoms with Gasteiger partial charge in [0.15, 0.2) is 5.65 Å². The Balaban J connectivity index is 1.95. The normalized spacial score (nSPS) is 11.1. The van der Waals surface area contributed by atoms with Gasteiger partial charge in [-0.15, -0.1) is 5.10 Å². The Morgan fingerprint density at radius 2 is 2.11 bits per heavy atom. The van der Waals surface area contributed by atoms with Crippen LogP contribution in [0.15, 0.2) is 29.1 Å². The maximum atomic E-state index is 5.09. The topological polar surface area (TPSA) is 57.2 Å². The SMILES string of the molecule is COc1ccc2nc(Cc3cn(C)nc3Br)cn2n1. The molecule has 0 spiro atoms. The van der Waals surface area contributed by atoms with E-state index in [9.17, 15) is 0 Å². The Labute approximate surface area is 118 Å². The monoisotopic (exact) mass is 321 g/mol. The molecule has 0 radical (unpaired) electrons. The van der Waals surface area contributed by atoms with Gasteiger partial charge in [-0.3, -0.25) is 4.68 Å². The second-order valence-corrected chi connectivity index (χ2v) is 4.96. The maximum absolute atomic E-state index is 5.09. The average molecular weight is 322 g/mol. The molecule has 19 heavy (non-hydrogen) atoms. The van der Waals surface area contributed by atoms with Crippen LogP contribution in [-0.2, 0) is 13.5 Å².